The van der Waals surface area contributed by atoms with Crippen molar-refractivity contribution in [2.45, 2.75) is 56.7 Å². The highest BCUT2D eigenvalue weighted by atomic mass is 35.5. The van der Waals surface area contributed by atoms with Gasteiger partial charge < -0.3 is 9.64 Å². The zero-order valence-corrected chi connectivity index (χ0v) is 21.7. The Morgan fingerprint density at radius 2 is 1.32 bits per heavy atom. The Kier molecular flexibility index (Phi) is 7.40. The molecule has 2 atom stereocenters. The number of rotatable bonds is 7. The molecule has 3 aromatic carbocycles. The van der Waals surface area contributed by atoms with Gasteiger partial charge in [0, 0.05) is 23.9 Å². The summed E-state index contributed by atoms with van der Waals surface area (Å²) in [4.78, 5) is 24.0. The molecule has 0 unspecified atom stereocenters. The highest BCUT2D eigenvalue weighted by Crippen LogP contribution is 2.49. The molecule has 38 heavy (non-hydrogen) atoms. The molecule has 8 nitrogen and oxygen atoms in total. The molecule has 1 aliphatic heterocycles. The molecule has 0 bridgehead atoms. The predicted molar refractivity (Wildman–Crippen MR) is 143 cm³/mol. The molecule has 1 saturated heterocycles. The number of hydrogen-bond donors (Lipinski definition) is 0. The highest BCUT2D eigenvalue weighted by molar-refractivity contribution is 6.33. The van der Waals surface area contributed by atoms with Crippen molar-refractivity contribution >= 4 is 40.3 Å². The van der Waals surface area contributed by atoms with Crippen LogP contribution in [0, 0.1) is 26.0 Å². The third kappa shape index (κ3) is 5.13. The van der Waals surface area contributed by atoms with Crippen LogP contribution < -0.4 is 9.64 Å². The monoisotopic (exact) mass is 559 g/mol. The average Bonchev–Trinajstić information content (AvgIpc) is 3.56. The lowest BCUT2D eigenvalue weighted by molar-refractivity contribution is -0.384. The summed E-state index contributed by atoms with van der Waals surface area (Å²) < 4.78 is 21.2. The van der Waals surface area contributed by atoms with Gasteiger partial charge in [0.05, 0.1) is 28.0 Å². The van der Waals surface area contributed by atoms with E-state index in [9.17, 15) is 20.2 Å². The number of nitro benzene ring substituents is 2. The van der Waals surface area contributed by atoms with Crippen LogP contribution in [0.1, 0.15) is 61.7 Å². The Bertz CT molecular complexity index is 1330. The molecule has 0 spiro atoms. The lowest BCUT2D eigenvalue weighted by atomic mass is 10.0. The van der Waals surface area contributed by atoms with E-state index in [1.165, 1.54) is 30.3 Å². The van der Waals surface area contributed by atoms with Gasteiger partial charge in [0.15, 0.2) is 11.6 Å². The molecule has 198 valence electrons. The normalized spacial score (nSPS) is 19.6. The third-order valence-electron chi connectivity index (χ3n) is 7.30. The van der Waals surface area contributed by atoms with Gasteiger partial charge in [0.2, 0.25) is 0 Å². The minimum Gasteiger partial charge on any atom is -0.487 e. The van der Waals surface area contributed by atoms with Crippen molar-refractivity contribution in [2.75, 3.05) is 4.90 Å². The Labute approximate surface area is 228 Å². The minimum absolute atomic E-state index is 0.00753. The molecule has 0 radical (unpaired) electrons. The van der Waals surface area contributed by atoms with Gasteiger partial charge in [-0.15, -0.1) is 0 Å². The van der Waals surface area contributed by atoms with Crippen molar-refractivity contribution in [1.82, 2.24) is 0 Å². The summed E-state index contributed by atoms with van der Waals surface area (Å²) in [7, 11) is 0. The van der Waals surface area contributed by atoms with Crippen LogP contribution in [0.5, 0.6) is 5.75 Å². The Morgan fingerprint density at radius 1 is 0.789 bits per heavy atom. The molecule has 2 fully saturated rings. The molecule has 3 aromatic rings. The third-order valence-corrected chi connectivity index (χ3v) is 7.94. The first-order valence-electron chi connectivity index (χ1n) is 12.3. The van der Waals surface area contributed by atoms with Gasteiger partial charge in [0.1, 0.15) is 10.0 Å². The zero-order chi connectivity index (χ0) is 27.0. The maximum Gasteiger partial charge on any atom is 0.288 e. The summed E-state index contributed by atoms with van der Waals surface area (Å²) in [5.41, 5.74) is 1.36. The molecule has 2 aliphatic rings. The molecular formula is C27H24Cl2FN3O5. The molecule has 5 rings (SSSR count). The lowest BCUT2D eigenvalue weighted by Gasteiger charge is -2.33. The number of nitrogens with zero attached hydrogens (tertiary/aromatic N) is 3. The van der Waals surface area contributed by atoms with Crippen molar-refractivity contribution in [3.63, 3.8) is 0 Å². The van der Waals surface area contributed by atoms with Gasteiger partial charge in [-0.2, -0.15) is 0 Å². The van der Waals surface area contributed by atoms with E-state index in [0.717, 1.165) is 25.7 Å². The van der Waals surface area contributed by atoms with E-state index < -0.39 is 15.7 Å². The number of halogens is 3. The van der Waals surface area contributed by atoms with Crippen molar-refractivity contribution in [2.24, 2.45) is 0 Å². The lowest BCUT2D eigenvalue weighted by Crippen LogP contribution is -2.26. The Morgan fingerprint density at radius 3 is 1.79 bits per heavy atom. The van der Waals surface area contributed by atoms with Crippen molar-refractivity contribution in [1.29, 1.82) is 0 Å². The van der Waals surface area contributed by atoms with Crippen LogP contribution in [0.2, 0.25) is 10.0 Å². The Balaban J connectivity index is 1.56. The SMILES string of the molecule is O=[N+]([O-])c1cc([C@H]2CC[C@H](c3ccc(Cl)c([N+](=O)[O-])c3)N2c2ccc(OC3CCCC3)c(F)c2)ccc1Cl. The quantitative estimate of drug-likeness (QED) is 0.213. The van der Waals surface area contributed by atoms with Crippen LogP contribution in [0.25, 0.3) is 0 Å². The standard InChI is InChI=1S/C27H24Cl2FN3O5/c28-20-8-5-16(13-25(20)32(34)35)23-10-11-24(17-6-9-21(29)26(14-17)33(36)37)31(23)18-7-12-27(22(30)15-18)38-19-3-1-2-4-19/h5-9,12-15,19,23-24H,1-4,10-11H2/t23-,24-/m1/s1. The Hall–Kier alpha value is -3.43. The van der Waals surface area contributed by atoms with E-state index in [1.807, 2.05) is 4.90 Å². The zero-order valence-electron chi connectivity index (χ0n) is 20.2. The second-order valence-corrected chi connectivity index (χ2v) is 10.4. The molecule has 1 heterocycles. The van der Waals surface area contributed by atoms with Gasteiger partial charge in [-0.25, -0.2) is 4.39 Å². The molecular weight excluding hydrogens is 536 g/mol. The predicted octanol–water partition coefficient (Wildman–Crippen LogP) is 8.35. The van der Waals surface area contributed by atoms with Gasteiger partial charge >= 0.3 is 0 Å². The number of hydrogen-bond acceptors (Lipinski definition) is 6. The van der Waals surface area contributed by atoms with Crippen LogP contribution in [-0.2, 0) is 0 Å². The summed E-state index contributed by atoms with van der Waals surface area (Å²) in [5.74, 6) is -0.333. The van der Waals surface area contributed by atoms with Crippen LogP contribution in [0.4, 0.5) is 21.5 Å². The maximum atomic E-state index is 15.3. The average molecular weight is 560 g/mol. The minimum atomic E-state index is -0.542. The van der Waals surface area contributed by atoms with Crippen molar-refractivity contribution in [3.05, 3.63) is 102 Å². The highest BCUT2D eigenvalue weighted by Gasteiger charge is 2.37. The largest absolute Gasteiger partial charge is 0.487 e. The van der Waals surface area contributed by atoms with E-state index in [-0.39, 0.29) is 45.4 Å². The second kappa shape index (κ2) is 10.7. The number of anilines is 1. The van der Waals surface area contributed by atoms with Crippen LogP contribution >= 0.6 is 23.2 Å². The smallest absolute Gasteiger partial charge is 0.288 e. The van der Waals surface area contributed by atoms with Crippen molar-refractivity contribution in [3.8, 4) is 5.75 Å². The molecule has 11 heteroatoms. The second-order valence-electron chi connectivity index (χ2n) is 9.59. The van der Waals surface area contributed by atoms with E-state index in [1.54, 1.807) is 24.3 Å². The summed E-state index contributed by atoms with van der Waals surface area (Å²) >= 11 is 12.1. The number of nitro groups is 2. The first-order valence-corrected chi connectivity index (χ1v) is 13.1. The first kappa shape index (κ1) is 26.2. The van der Waals surface area contributed by atoms with Crippen LogP contribution in [0.3, 0.4) is 0 Å². The maximum absolute atomic E-state index is 15.3. The van der Waals surface area contributed by atoms with E-state index in [2.05, 4.69) is 0 Å². The van der Waals surface area contributed by atoms with E-state index >= 15 is 4.39 Å². The van der Waals surface area contributed by atoms with Crippen molar-refractivity contribution < 1.29 is 19.0 Å². The van der Waals surface area contributed by atoms with E-state index in [4.69, 9.17) is 27.9 Å². The fraction of sp³-hybridized carbons (Fsp3) is 0.333. The molecule has 0 amide bonds. The molecule has 0 N–H and O–H groups in total. The first-order chi connectivity index (χ1) is 18.2. The van der Waals surface area contributed by atoms with Gasteiger partial charge in [-0.3, -0.25) is 20.2 Å². The summed E-state index contributed by atoms with van der Waals surface area (Å²) in [6.07, 6.45) is 5.03. The van der Waals surface area contributed by atoms with Crippen LogP contribution in [0.15, 0.2) is 54.6 Å². The van der Waals surface area contributed by atoms with Crippen LogP contribution in [-0.4, -0.2) is 16.0 Å². The summed E-state index contributed by atoms with van der Waals surface area (Å²) in [6.45, 7) is 0. The number of ether oxygens (including phenoxy) is 1. The number of benzene rings is 3. The van der Waals surface area contributed by atoms with Gasteiger partial charge in [0.25, 0.3) is 11.4 Å². The summed E-state index contributed by atoms with van der Waals surface area (Å²) in [6, 6.07) is 13.3. The molecule has 1 aliphatic carbocycles. The van der Waals surface area contributed by atoms with Gasteiger partial charge in [-0.1, -0.05) is 35.3 Å². The summed E-state index contributed by atoms with van der Waals surface area (Å²) in [5, 5.41) is 23.1. The molecule has 0 aromatic heterocycles. The topological polar surface area (TPSA) is 98.8 Å². The fourth-order valence-corrected chi connectivity index (χ4v) is 5.88. The van der Waals surface area contributed by atoms with E-state index in [0.29, 0.717) is 29.7 Å². The fourth-order valence-electron chi connectivity index (χ4n) is 5.51. The molecule has 1 saturated carbocycles. The van der Waals surface area contributed by atoms with Gasteiger partial charge in [-0.05, 0) is 73.9 Å².